The van der Waals surface area contributed by atoms with Crippen LogP contribution in [0.3, 0.4) is 0 Å². The second kappa shape index (κ2) is 7.64. The van der Waals surface area contributed by atoms with Crippen molar-refractivity contribution in [1.29, 1.82) is 0 Å². The molecular formula is C24H26OP+. The molecule has 0 bridgehead atoms. The summed E-state index contributed by atoms with van der Waals surface area (Å²) in [5.41, 5.74) is 0.672. The van der Waals surface area contributed by atoms with E-state index in [-0.39, 0.29) is 0 Å². The lowest BCUT2D eigenvalue weighted by molar-refractivity contribution is 0.475. The molecule has 132 valence electrons. The lowest BCUT2D eigenvalue weighted by Gasteiger charge is -2.36. The van der Waals surface area contributed by atoms with E-state index in [0.29, 0.717) is 11.4 Å². The topological polar surface area (TPSA) is 20.2 Å². The van der Waals surface area contributed by atoms with Crippen molar-refractivity contribution in [1.82, 2.24) is 0 Å². The van der Waals surface area contributed by atoms with Crippen LogP contribution in [0.15, 0.2) is 84.9 Å². The molecule has 0 spiro atoms. The van der Waals surface area contributed by atoms with Gasteiger partial charge in [-0.3, -0.25) is 0 Å². The van der Waals surface area contributed by atoms with Crippen molar-refractivity contribution >= 4 is 23.2 Å². The third-order valence-electron chi connectivity index (χ3n) is 5.71. The molecule has 0 unspecified atom stereocenters. The van der Waals surface area contributed by atoms with Gasteiger partial charge in [0, 0.05) is 0 Å². The Balaban J connectivity index is 2.00. The molecule has 0 amide bonds. The maximum absolute atomic E-state index is 9.89. The van der Waals surface area contributed by atoms with Gasteiger partial charge in [-0.05, 0) is 74.2 Å². The zero-order valence-electron chi connectivity index (χ0n) is 15.1. The lowest BCUT2D eigenvalue weighted by atomic mass is 10.0. The molecule has 1 aliphatic rings. The molecule has 3 aromatic rings. The van der Waals surface area contributed by atoms with Gasteiger partial charge in [0.1, 0.15) is 28.9 Å². The normalized spacial score (nSPS) is 15.7. The van der Waals surface area contributed by atoms with E-state index in [9.17, 15) is 5.11 Å². The van der Waals surface area contributed by atoms with Gasteiger partial charge in [-0.25, -0.2) is 0 Å². The van der Waals surface area contributed by atoms with Crippen molar-refractivity contribution in [2.24, 2.45) is 0 Å². The second-order valence-corrected chi connectivity index (χ2v) is 10.9. The van der Waals surface area contributed by atoms with Gasteiger partial charge in [0.25, 0.3) is 0 Å². The highest BCUT2D eigenvalue weighted by Gasteiger charge is 2.52. The molecule has 2 heteroatoms. The van der Waals surface area contributed by atoms with Crippen molar-refractivity contribution in [2.75, 3.05) is 0 Å². The highest BCUT2D eigenvalue weighted by Crippen LogP contribution is 2.63. The number of benzene rings is 3. The van der Waals surface area contributed by atoms with Crippen LogP contribution in [0.25, 0.3) is 0 Å². The van der Waals surface area contributed by atoms with E-state index in [0.717, 1.165) is 0 Å². The number of hydrogen-bond acceptors (Lipinski definition) is 1. The van der Waals surface area contributed by atoms with E-state index in [2.05, 4.69) is 72.8 Å². The molecule has 1 saturated carbocycles. The van der Waals surface area contributed by atoms with E-state index in [1.807, 2.05) is 12.1 Å². The van der Waals surface area contributed by atoms with E-state index in [4.69, 9.17) is 0 Å². The zero-order chi connectivity index (χ0) is 17.8. The minimum absolute atomic E-state index is 0.344. The maximum Gasteiger partial charge on any atom is 0.115 e. The number of aromatic hydroxyl groups is 1. The highest BCUT2D eigenvalue weighted by molar-refractivity contribution is 7.96. The van der Waals surface area contributed by atoms with Crippen LogP contribution < -0.4 is 15.9 Å². The second-order valence-electron chi connectivity index (χ2n) is 7.20. The van der Waals surface area contributed by atoms with Crippen LogP contribution in [0.2, 0.25) is 0 Å². The smallest absolute Gasteiger partial charge is 0.115 e. The Hall–Kier alpha value is -2.11. The van der Waals surface area contributed by atoms with Crippen LogP contribution in [0.5, 0.6) is 5.75 Å². The first kappa shape index (κ1) is 17.3. The first-order valence-electron chi connectivity index (χ1n) is 9.61. The standard InChI is InChI=1S/C24H25OP/c25-20-16-18-24(19-17-20)26(21-10-4-1-5-11-21,22-12-6-2-7-13-22)23-14-8-3-9-15-23/h1-2,4-7,10-13,16-19,23H,3,8-9,14-15H2/p+1. The molecule has 1 N–H and O–H groups in total. The Morgan fingerprint density at radius 3 is 1.54 bits per heavy atom. The van der Waals surface area contributed by atoms with Gasteiger partial charge in [-0.15, -0.1) is 0 Å². The van der Waals surface area contributed by atoms with Gasteiger partial charge in [-0.2, -0.15) is 0 Å². The molecule has 0 aliphatic heterocycles. The van der Waals surface area contributed by atoms with Crippen LogP contribution in [-0.2, 0) is 0 Å². The van der Waals surface area contributed by atoms with Crippen molar-refractivity contribution < 1.29 is 5.11 Å². The number of hydrogen-bond donors (Lipinski definition) is 1. The Bertz CT molecular complexity index is 782. The third kappa shape index (κ3) is 3.06. The van der Waals surface area contributed by atoms with E-state index in [1.165, 1.54) is 48.0 Å². The SMILES string of the molecule is Oc1ccc([P+](c2ccccc2)(c2ccccc2)C2CCCCC2)cc1. The first-order chi connectivity index (χ1) is 12.8. The van der Waals surface area contributed by atoms with Crippen LogP contribution in [0.4, 0.5) is 0 Å². The molecule has 0 atom stereocenters. The van der Waals surface area contributed by atoms with E-state index in [1.54, 1.807) is 0 Å². The van der Waals surface area contributed by atoms with Gasteiger partial charge in [0.05, 0.1) is 5.66 Å². The molecular weight excluding hydrogens is 335 g/mol. The van der Waals surface area contributed by atoms with Crippen molar-refractivity contribution in [3.63, 3.8) is 0 Å². The summed E-state index contributed by atoms with van der Waals surface area (Å²) >= 11 is 0. The molecule has 0 heterocycles. The summed E-state index contributed by atoms with van der Waals surface area (Å²) in [5.74, 6) is 0.344. The van der Waals surface area contributed by atoms with Gasteiger partial charge in [0.15, 0.2) is 0 Å². The average molecular weight is 361 g/mol. The summed E-state index contributed by atoms with van der Waals surface area (Å²) < 4.78 is 0. The van der Waals surface area contributed by atoms with Crippen LogP contribution in [0.1, 0.15) is 32.1 Å². The Labute approximate surface area is 157 Å². The monoisotopic (exact) mass is 361 g/mol. The number of phenolic OH excluding ortho intramolecular Hbond substituents is 1. The number of rotatable bonds is 4. The Morgan fingerprint density at radius 1 is 0.577 bits per heavy atom. The largest absolute Gasteiger partial charge is 0.508 e. The van der Waals surface area contributed by atoms with Gasteiger partial charge in [-0.1, -0.05) is 42.8 Å². The fraction of sp³-hybridized carbons (Fsp3) is 0.250. The van der Waals surface area contributed by atoms with Crippen LogP contribution in [0, 0.1) is 0 Å². The van der Waals surface area contributed by atoms with Crippen molar-refractivity contribution in [2.45, 2.75) is 37.8 Å². The minimum atomic E-state index is -1.76. The molecule has 4 rings (SSSR count). The fourth-order valence-corrected chi connectivity index (χ4v) is 9.77. The summed E-state index contributed by atoms with van der Waals surface area (Å²) in [6, 6.07) is 30.3. The first-order valence-corrected chi connectivity index (χ1v) is 11.5. The molecule has 1 nitrogen and oxygen atoms in total. The van der Waals surface area contributed by atoms with Crippen molar-refractivity contribution in [3.8, 4) is 5.75 Å². The Kier molecular flexibility index (Phi) is 5.09. The summed E-state index contributed by atoms with van der Waals surface area (Å²) in [7, 11) is -1.76. The van der Waals surface area contributed by atoms with Crippen LogP contribution in [-0.4, -0.2) is 10.8 Å². The summed E-state index contributed by atoms with van der Waals surface area (Å²) in [6.07, 6.45) is 6.58. The Morgan fingerprint density at radius 2 is 1.04 bits per heavy atom. The van der Waals surface area contributed by atoms with Gasteiger partial charge >= 0.3 is 0 Å². The quantitative estimate of drug-likeness (QED) is 0.647. The van der Waals surface area contributed by atoms with E-state index >= 15 is 0 Å². The van der Waals surface area contributed by atoms with E-state index < -0.39 is 7.26 Å². The average Bonchev–Trinajstić information content (AvgIpc) is 2.72. The number of phenols is 1. The fourth-order valence-electron chi connectivity index (χ4n) is 4.56. The molecule has 0 saturated heterocycles. The van der Waals surface area contributed by atoms with Crippen LogP contribution >= 0.6 is 7.26 Å². The molecule has 0 aromatic heterocycles. The molecule has 1 aliphatic carbocycles. The minimum Gasteiger partial charge on any atom is -0.508 e. The molecule has 0 radical (unpaired) electrons. The zero-order valence-corrected chi connectivity index (χ0v) is 16.0. The predicted molar refractivity (Wildman–Crippen MR) is 114 cm³/mol. The molecule has 1 fully saturated rings. The van der Waals surface area contributed by atoms with Gasteiger partial charge in [0.2, 0.25) is 0 Å². The summed E-state index contributed by atoms with van der Waals surface area (Å²) in [6.45, 7) is 0. The highest BCUT2D eigenvalue weighted by atomic mass is 31.2. The lowest BCUT2D eigenvalue weighted by Crippen LogP contribution is -2.39. The third-order valence-corrected chi connectivity index (χ3v) is 10.7. The maximum atomic E-state index is 9.89. The van der Waals surface area contributed by atoms with Crippen molar-refractivity contribution in [3.05, 3.63) is 84.9 Å². The summed E-state index contributed by atoms with van der Waals surface area (Å²) in [4.78, 5) is 0. The predicted octanol–water partition coefficient (Wildman–Crippen LogP) is 5.02. The van der Waals surface area contributed by atoms with Gasteiger partial charge < -0.3 is 5.11 Å². The molecule has 26 heavy (non-hydrogen) atoms. The molecule has 3 aromatic carbocycles. The summed E-state index contributed by atoms with van der Waals surface area (Å²) in [5, 5.41) is 14.2.